The normalized spacial score (nSPS) is 18.1. The first-order chi connectivity index (χ1) is 11.4. The van der Waals surface area contributed by atoms with Crippen molar-refractivity contribution in [1.29, 1.82) is 0 Å². The van der Waals surface area contributed by atoms with Crippen LogP contribution < -0.4 is 11.2 Å². The minimum atomic E-state index is -2.84. The van der Waals surface area contributed by atoms with Gasteiger partial charge in [-0.1, -0.05) is 0 Å². The van der Waals surface area contributed by atoms with E-state index in [1.165, 1.54) is 22.5 Å². The van der Waals surface area contributed by atoms with Crippen molar-refractivity contribution >= 4 is 11.2 Å². The average Bonchev–Trinajstić information content (AvgIpc) is 2.88. The van der Waals surface area contributed by atoms with Gasteiger partial charge >= 0.3 is 5.69 Å². The molecule has 0 aliphatic heterocycles. The van der Waals surface area contributed by atoms with Gasteiger partial charge in [0.2, 0.25) is 0 Å². The fraction of sp³-hybridized carbons (Fsp3) is 0.615. The molecule has 20 heavy (non-hydrogen) atoms. The molecule has 0 saturated heterocycles. The zero-order valence-corrected chi connectivity index (χ0v) is 11.3. The molecule has 2 heterocycles. The summed E-state index contributed by atoms with van der Waals surface area (Å²) in [7, 11) is 3.10. The van der Waals surface area contributed by atoms with E-state index < -0.39 is 30.6 Å². The van der Waals surface area contributed by atoms with Gasteiger partial charge in [0.25, 0.3) is 5.56 Å². The Labute approximate surface area is 123 Å². The van der Waals surface area contributed by atoms with Gasteiger partial charge < -0.3 is 9.67 Å². The first kappa shape index (κ1) is 9.12. The van der Waals surface area contributed by atoms with Crippen LogP contribution in [0.2, 0.25) is 0 Å². The van der Waals surface area contributed by atoms with Crippen LogP contribution in [-0.2, 0) is 20.6 Å². The second kappa shape index (κ2) is 5.62. The molecule has 0 amide bonds. The Hall–Kier alpha value is -1.89. The van der Waals surface area contributed by atoms with Gasteiger partial charge in [0.1, 0.15) is 0 Å². The molecule has 0 radical (unpaired) electrons. The molecule has 0 spiro atoms. The van der Waals surface area contributed by atoms with E-state index in [0.29, 0.717) is 0 Å². The highest BCUT2D eigenvalue weighted by Gasteiger charge is 2.14. The third kappa shape index (κ3) is 2.53. The minimum Gasteiger partial charge on any atom is -0.393 e. The molecule has 7 heteroatoms. The van der Waals surface area contributed by atoms with Crippen molar-refractivity contribution in [2.75, 3.05) is 0 Å². The molecule has 1 N–H and O–H groups in total. The zero-order chi connectivity index (χ0) is 19.2. The van der Waals surface area contributed by atoms with Gasteiger partial charge in [-0.15, -0.1) is 0 Å². The summed E-state index contributed by atoms with van der Waals surface area (Å²) in [6.07, 6.45) is -3.39. The number of hydrogen-bond acceptors (Lipinski definition) is 4. The van der Waals surface area contributed by atoms with Gasteiger partial charge in [-0.2, -0.15) is 0 Å². The highest BCUT2D eigenvalue weighted by molar-refractivity contribution is 5.69. The SMILES string of the molecule is [2H]C([2H])([2H])C(O)C([2H])([2H])CCCn1c(=O)c2c(ncn2C)n(C)c1=O. The molecule has 0 saturated carbocycles. The first-order valence-corrected chi connectivity index (χ1v) is 6.17. The van der Waals surface area contributed by atoms with E-state index in [-0.39, 0.29) is 30.6 Å². The molecule has 1 atom stereocenters. The molecule has 7 nitrogen and oxygen atoms in total. The van der Waals surface area contributed by atoms with Crippen LogP contribution in [0.3, 0.4) is 0 Å². The lowest BCUT2D eigenvalue weighted by Crippen LogP contribution is -2.39. The highest BCUT2D eigenvalue weighted by Crippen LogP contribution is 2.04. The van der Waals surface area contributed by atoms with E-state index in [9.17, 15) is 14.7 Å². The molecule has 2 aromatic rings. The first-order valence-electron chi connectivity index (χ1n) is 8.67. The molecular weight excluding hydrogens is 260 g/mol. The van der Waals surface area contributed by atoms with Crippen LogP contribution in [0.15, 0.2) is 15.9 Å². The van der Waals surface area contributed by atoms with Crippen LogP contribution in [0.25, 0.3) is 11.2 Å². The molecule has 0 aliphatic carbocycles. The number of imidazole rings is 1. The Morgan fingerprint density at radius 2 is 2.20 bits per heavy atom. The van der Waals surface area contributed by atoms with Crippen LogP contribution in [-0.4, -0.2) is 29.9 Å². The quantitative estimate of drug-likeness (QED) is 0.837. The number of aliphatic hydroxyl groups is 1. The minimum absolute atomic E-state index is 0.0125. The highest BCUT2D eigenvalue weighted by atomic mass is 16.3. The van der Waals surface area contributed by atoms with Gasteiger partial charge in [0, 0.05) is 27.5 Å². The third-order valence-electron chi connectivity index (χ3n) is 3.10. The van der Waals surface area contributed by atoms with Gasteiger partial charge in [0.05, 0.1) is 12.4 Å². The lowest BCUT2D eigenvalue weighted by molar-refractivity contribution is 0.180. The van der Waals surface area contributed by atoms with Crippen LogP contribution in [0.4, 0.5) is 0 Å². The van der Waals surface area contributed by atoms with Gasteiger partial charge in [0.15, 0.2) is 11.2 Å². The number of hydrogen-bond donors (Lipinski definition) is 1. The Bertz CT molecular complexity index is 896. The summed E-state index contributed by atoms with van der Waals surface area (Å²) in [6, 6.07) is 0. The largest absolute Gasteiger partial charge is 0.393 e. The summed E-state index contributed by atoms with van der Waals surface area (Å²) in [4.78, 5) is 28.8. The van der Waals surface area contributed by atoms with Crippen LogP contribution >= 0.6 is 0 Å². The molecule has 1 unspecified atom stereocenters. The van der Waals surface area contributed by atoms with E-state index in [4.69, 9.17) is 6.85 Å². The standard InChI is InChI=1S/C13H20N4O3/c1-9(18)6-4-5-7-17-12(19)10-11(14-8-15(10)2)16(3)13(17)20/h8-9,18H,4-7H2,1-3H3/i1D3,6D2. The lowest BCUT2D eigenvalue weighted by atomic mass is 10.2. The van der Waals surface area contributed by atoms with Crippen molar-refractivity contribution in [3.8, 4) is 0 Å². The lowest BCUT2D eigenvalue weighted by Gasteiger charge is -2.09. The Morgan fingerprint density at radius 3 is 2.90 bits per heavy atom. The van der Waals surface area contributed by atoms with E-state index in [1.807, 2.05) is 0 Å². The Balaban J connectivity index is 2.26. The number of nitrogens with zero attached hydrogens (tertiary/aromatic N) is 4. The van der Waals surface area contributed by atoms with Gasteiger partial charge in [-0.25, -0.2) is 9.78 Å². The van der Waals surface area contributed by atoms with Crippen molar-refractivity contribution in [1.82, 2.24) is 18.7 Å². The van der Waals surface area contributed by atoms with Gasteiger partial charge in [-0.3, -0.25) is 13.9 Å². The summed E-state index contributed by atoms with van der Waals surface area (Å²) < 4.78 is 40.4. The van der Waals surface area contributed by atoms with E-state index in [1.54, 1.807) is 7.05 Å². The predicted octanol–water partition coefficient (Wildman–Crippen LogP) is -0.0152. The summed E-state index contributed by atoms with van der Waals surface area (Å²) in [5, 5.41) is 9.63. The molecule has 110 valence electrons. The predicted molar refractivity (Wildman–Crippen MR) is 75.7 cm³/mol. The number of aromatic nitrogens is 4. The number of aryl methyl sites for hydroxylation is 2. The van der Waals surface area contributed by atoms with Crippen LogP contribution in [0, 0.1) is 0 Å². The van der Waals surface area contributed by atoms with Crippen molar-refractivity contribution in [2.24, 2.45) is 14.1 Å². The molecule has 0 aromatic carbocycles. The molecule has 2 rings (SSSR count). The topological polar surface area (TPSA) is 82.1 Å². The second-order valence-electron chi connectivity index (χ2n) is 4.54. The van der Waals surface area contributed by atoms with Crippen molar-refractivity contribution < 1.29 is 12.0 Å². The summed E-state index contributed by atoms with van der Waals surface area (Å²) in [5.74, 6) is 0. The molecular formula is C13H20N4O3. The fourth-order valence-electron chi connectivity index (χ4n) is 2.07. The van der Waals surface area contributed by atoms with Crippen LogP contribution in [0.1, 0.15) is 32.9 Å². The second-order valence-corrected chi connectivity index (χ2v) is 4.54. The maximum atomic E-state index is 12.5. The maximum Gasteiger partial charge on any atom is 0.332 e. The molecule has 0 fully saturated rings. The zero-order valence-electron chi connectivity index (χ0n) is 16.3. The van der Waals surface area contributed by atoms with E-state index in [2.05, 4.69) is 4.98 Å². The number of fused-ring (bicyclic) bond motifs is 1. The number of rotatable bonds is 5. The summed E-state index contributed by atoms with van der Waals surface area (Å²) in [5.41, 5.74) is -0.641. The molecule has 0 bridgehead atoms. The van der Waals surface area contributed by atoms with Crippen LogP contribution in [0.5, 0.6) is 0 Å². The van der Waals surface area contributed by atoms with E-state index >= 15 is 0 Å². The monoisotopic (exact) mass is 285 g/mol. The average molecular weight is 285 g/mol. The summed E-state index contributed by atoms with van der Waals surface area (Å²) in [6.45, 7) is -2.94. The van der Waals surface area contributed by atoms with Crippen molar-refractivity contribution in [3.05, 3.63) is 27.2 Å². The maximum absolute atomic E-state index is 12.5. The smallest absolute Gasteiger partial charge is 0.332 e. The van der Waals surface area contributed by atoms with Crippen molar-refractivity contribution in [3.63, 3.8) is 0 Å². The Morgan fingerprint density at radius 1 is 1.45 bits per heavy atom. The molecule has 0 aliphatic rings. The number of aliphatic hydroxyl groups excluding tert-OH is 1. The van der Waals surface area contributed by atoms with Crippen molar-refractivity contribution in [2.45, 2.75) is 38.7 Å². The third-order valence-corrected chi connectivity index (χ3v) is 3.10. The Kier molecular flexibility index (Phi) is 2.56. The van der Waals surface area contributed by atoms with Gasteiger partial charge in [-0.05, 0) is 26.1 Å². The molecule has 2 aromatic heterocycles. The summed E-state index contributed by atoms with van der Waals surface area (Å²) >= 11 is 0. The fourth-order valence-corrected chi connectivity index (χ4v) is 2.07. The van der Waals surface area contributed by atoms with E-state index in [0.717, 1.165) is 4.57 Å².